The van der Waals surface area contributed by atoms with Gasteiger partial charge in [-0.1, -0.05) is 12.2 Å². The highest BCUT2D eigenvalue weighted by atomic mass is 16.6. The van der Waals surface area contributed by atoms with Crippen molar-refractivity contribution in [2.75, 3.05) is 26.9 Å². The van der Waals surface area contributed by atoms with E-state index in [9.17, 15) is 19.5 Å². The number of aldehydes is 1. The largest absolute Gasteiger partial charge is 0.457 e. The molecule has 0 aromatic rings. The van der Waals surface area contributed by atoms with E-state index in [2.05, 4.69) is 0 Å². The van der Waals surface area contributed by atoms with Gasteiger partial charge in [0.15, 0.2) is 0 Å². The number of carbonyl (C=O) groups excluding carboxylic acids is 3. The molecular weight excluding hydrogens is 404 g/mol. The molecule has 31 heavy (non-hydrogen) atoms. The zero-order chi connectivity index (χ0) is 23.0. The molecule has 0 amide bonds. The number of aliphatic hydroxyl groups excluding tert-OH is 1. The molecule has 2 rings (SSSR count). The van der Waals surface area contributed by atoms with Gasteiger partial charge in [-0.15, -0.1) is 0 Å². The van der Waals surface area contributed by atoms with Crippen molar-refractivity contribution in [3.05, 3.63) is 34.9 Å². The normalized spacial score (nSPS) is 29.4. The Bertz CT molecular complexity index is 751. The van der Waals surface area contributed by atoms with Crippen molar-refractivity contribution >= 4 is 18.2 Å². The van der Waals surface area contributed by atoms with Gasteiger partial charge in [0.25, 0.3) is 0 Å². The van der Waals surface area contributed by atoms with Crippen LogP contribution < -0.4 is 0 Å². The van der Waals surface area contributed by atoms with Crippen LogP contribution in [0.5, 0.6) is 0 Å². The number of allylic oxidation sites excluding steroid dienone is 2. The second-order valence-electron chi connectivity index (χ2n) is 7.60. The molecular formula is C23H32O8. The summed E-state index contributed by atoms with van der Waals surface area (Å²) in [4.78, 5) is 37.4. The lowest BCUT2D eigenvalue weighted by atomic mass is 9.80. The van der Waals surface area contributed by atoms with Gasteiger partial charge < -0.3 is 24.1 Å². The minimum absolute atomic E-state index is 0.0535. The molecule has 0 radical (unpaired) electrons. The average Bonchev–Trinajstić information content (AvgIpc) is 3.07. The molecule has 172 valence electrons. The molecule has 1 fully saturated rings. The second-order valence-corrected chi connectivity index (χ2v) is 7.60. The summed E-state index contributed by atoms with van der Waals surface area (Å²) in [5.74, 6) is -2.45. The average molecular weight is 437 g/mol. The van der Waals surface area contributed by atoms with Crippen molar-refractivity contribution < 1.29 is 38.4 Å². The number of hydrogen-bond acceptors (Lipinski definition) is 8. The van der Waals surface area contributed by atoms with Crippen molar-refractivity contribution in [2.24, 2.45) is 11.8 Å². The van der Waals surface area contributed by atoms with Crippen LogP contribution in [0, 0.1) is 11.8 Å². The summed E-state index contributed by atoms with van der Waals surface area (Å²) in [6, 6.07) is 0. The Morgan fingerprint density at radius 2 is 2.13 bits per heavy atom. The highest BCUT2D eigenvalue weighted by molar-refractivity contribution is 5.88. The summed E-state index contributed by atoms with van der Waals surface area (Å²) in [6.45, 7) is 5.23. The fraction of sp³-hybridized carbons (Fsp3) is 0.609. The number of methoxy groups -OCH3 is 1. The van der Waals surface area contributed by atoms with E-state index in [1.807, 2.05) is 0 Å². The van der Waals surface area contributed by atoms with E-state index in [1.165, 1.54) is 7.11 Å². The monoisotopic (exact) mass is 436 g/mol. The molecule has 0 bridgehead atoms. The lowest BCUT2D eigenvalue weighted by molar-refractivity contribution is -0.159. The fourth-order valence-electron chi connectivity index (χ4n) is 3.95. The van der Waals surface area contributed by atoms with Crippen LogP contribution >= 0.6 is 0 Å². The number of carbonyl (C=O) groups is 3. The van der Waals surface area contributed by atoms with E-state index in [0.29, 0.717) is 35.8 Å². The zero-order valence-corrected chi connectivity index (χ0v) is 18.5. The molecule has 8 heteroatoms. The third kappa shape index (κ3) is 5.90. The van der Waals surface area contributed by atoms with Crippen molar-refractivity contribution in [3.8, 4) is 0 Å². The molecule has 5 atom stereocenters. The zero-order valence-electron chi connectivity index (χ0n) is 18.5. The van der Waals surface area contributed by atoms with Crippen LogP contribution in [0.3, 0.4) is 0 Å². The topological polar surface area (TPSA) is 108 Å². The number of rotatable bonds is 8. The maximum Gasteiger partial charge on any atom is 0.333 e. The molecule has 0 aromatic heterocycles. The predicted octanol–water partition coefficient (Wildman–Crippen LogP) is 1.91. The predicted molar refractivity (Wildman–Crippen MR) is 112 cm³/mol. The van der Waals surface area contributed by atoms with Gasteiger partial charge in [-0.2, -0.15) is 0 Å². The molecule has 1 heterocycles. The Morgan fingerprint density at radius 3 is 2.71 bits per heavy atom. The van der Waals surface area contributed by atoms with Crippen molar-refractivity contribution in [1.82, 2.24) is 0 Å². The molecule has 1 saturated heterocycles. The molecule has 1 aliphatic heterocycles. The minimum Gasteiger partial charge on any atom is -0.457 e. The Balaban J connectivity index is 2.65. The van der Waals surface area contributed by atoms with E-state index >= 15 is 0 Å². The maximum atomic E-state index is 12.7. The number of aliphatic hydroxyl groups is 1. The molecule has 0 spiro atoms. The van der Waals surface area contributed by atoms with Gasteiger partial charge in [-0.05, 0) is 45.3 Å². The lowest BCUT2D eigenvalue weighted by Crippen LogP contribution is -2.47. The van der Waals surface area contributed by atoms with Gasteiger partial charge in [0.1, 0.15) is 24.6 Å². The standard InChI is InChI=1S/C23H32O8/c1-5-14(3)22(26)31-21-19-17(13-28-4)23(27)30-18(19)10-15(11-24)8-7-9-16(12-25)20(21)29-6-2/h5,9-10,12,17-21,24H,6-8,11,13H2,1-4H3. The summed E-state index contributed by atoms with van der Waals surface area (Å²) in [7, 11) is 1.47. The Labute approximate surface area is 182 Å². The number of hydrogen-bond donors (Lipinski definition) is 1. The van der Waals surface area contributed by atoms with E-state index in [1.54, 1.807) is 39.0 Å². The van der Waals surface area contributed by atoms with Crippen LogP contribution in [-0.2, 0) is 33.3 Å². The lowest BCUT2D eigenvalue weighted by Gasteiger charge is -2.35. The minimum atomic E-state index is -0.982. The van der Waals surface area contributed by atoms with Crippen molar-refractivity contribution in [3.63, 3.8) is 0 Å². The first kappa shape index (κ1) is 25.0. The van der Waals surface area contributed by atoms with Gasteiger partial charge >= 0.3 is 11.9 Å². The van der Waals surface area contributed by atoms with Gasteiger partial charge in [-0.25, -0.2) is 4.79 Å². The number of esters is 2. The molecule has 5 unspecified atom stereocenters. The van der Waals surface area contributed by atoms with Gasteiger partial charge in [0.05, 0.1) is 25.0 Å². The number of fused-ring (bicyclic) bond motifs is 1. The maximum absolute atomic E-state index is 12.7. The third-order valence-corrected chi connectivity index (χ3v) is 5.68. The van der Waals surface area contributed by atoms with E-state index < -0.39 is 42.1 Å². The van der Waals surface area contributed by atoms with E-state index in [-0.39, 0.29) is 19.8 Å². The van der Waals surface area contributed by atoms with Crippen LogP contribution in [0.4, 0.5) is 0 Å². The quantitative estimate of drug-likeness (QED) is 0.266. The molecule has 1 aliphatic carbocycles. The van der Waals surface area contributed by atoms with Crippen molar-refractivity contribution in [2.45, 2.75) is 51.9 Å². The van der Waals surface area contributed by atoms with Gasteiger partial charge in [-0.3, -0.25) is 9.59 Å². The summed E-state index contributed by atoms with van der Waals surface area (Å²) < 4.78 is 22.6. The van der Waals surface area contributed by atoms with Crippen LogP contribution in [0.1, 0.15) is 33.6 Å². The molecule has 8 nitrogen and oxygen atoms in total. The van der Waals surface area contributed by atoms with Crippen LogP contribution in [0.25, 0.3) is 0 Å². The SMILES string of the molecule is CC=C(C)C(=O)OC1C(OCC)C(C=O)=CCCC(CO)=CC2OC(=O)C(COC)C21. The molecule has 2 aliphatic rings. The highest BCUT2D eigenvalue weighted by Crippen LogP contribution is 2.38. The number of ether oxygens (including phenoxy) is 4. The van der Waals surface area contributed by atoms with Crippen molar-refractivity contribution in [1.29, 1.82) is 0 Å². The summed E-state index contributed by atoms with van der Waals surface area (Å²) in [5, 5.41) is 9.76. The van der Waals surface area contributed by atoms with E-state index in [0.717, 1.165) is 0 Å². The highest BCUT2D eigenvalue weighted by Gasteiger charge is 2.52. The van der Waals surface area contributed by atoms with E-state index in [4.69, 9.17) is 18.9 Å². The molecule has 1 N–H and O–H groups in total. The van der Waals surface area contributed by atoms with Gasteiger partial charge in [0.2, 0.25) is 0 Å². The summed E-state index contributed by atoms with van der Waals surface area (Å²) in [5.41, 5.74) is 1.39. The first-order valence-electron chi connectivity index (χ1n) is 10.5. The second kappa shape index (κ2) is 11.9. The first-order valence-corrected chi connectivity index (χ1v) is 10.5. The van der Waals surface area contributed by atoms with Crippen LogP contribution in [0.15, 0.2) is 34.9 Å². The Kier molecular flexibility index (Phi) is 9.61. The molecule has 0 aromatic carbocycles. The Hall–Kier alpha value is -2.29. The summed E-state index contributed by atoms with van der Waals surface area (Å²) >= 11 is 0. The molecule has 0 saturated carbocycles. The van der Waals surface area contributed by atoms with Gasteiger partial charge in [0, 0.05) is 24.9 Å². The third-order valence-electron chi connectivity index (χ3n) is 5.68. The van der Waals surface area contributed by atoms with Crippen LogP contribution in [0.2, 0.25) is 0 Å². The summed E-state index contributed by atoms with van der Waals surface area (Å²) in [6.07, 6.45) is 4.10. The first-order chi connectivity index (χ1) is 14.9. The fourth-order valence-corrected chi connectivity index (χ4v) is 3.95. The van der Waals surface area contributed by atoms with Crippen LogP contribution in [-0.4, -0.2) is 68.6 Å². The Morgan fingerprint density at radius 1 is 1.39 bits per heavy atom. The smallest absolute Gasteiger partial charge is 0.333 e.